The van der Waals surface area contributed by atoms with Crippen molar-refractivity contribution in [3.05, 3.63) is 95.4 Å². The Balaban J connectivity index is 0.00000205. The lowest BCUT2D eigenvalue weighted by molar-refractivity contribution is 0.0678. The second-order valence-electron chi connectivity index (χ2n) is 9.07. The first-order valence-electron chi connectivity index (χ1n) is 13.8. The number of tetrazole rings is 1. The van der Waals surface area contributed by atoms with Crippen LogP contribution in [0.3, 0.4) is 0 Å². The summed E-state index contributed by atoms with van der Waals surface area (Å²) in [5.41, 5.74) is 3.60. The molecule has 8 heteroatoms. The molecule has 0 radical (unpaired) electrons. The van der Waals surface area contributed by atoms with E-state index in [1.807, 2.05) is 39.8 Å². The molecule has 2 heterocycles. The van der Waals surface area contributed by atoms with Crippen LogP contribution >= 0.6 is 0 Å². The third kappa shape index (κ3) is 7.99. The predicted molar refractivity (Wildman–Crippen MR) is 153 cm³/mol. The summed E-state index contributed by atoms with van der Waals surface area (Å²) in [5, 5.41) is 12.3. The number of hydrogen-bond acceptors (Lipinski definition) is 5. The molecule has 1 aromatic heterocycles. The highest BCUT2D eigenvalue weighted by Gasteiger charge is 2.26. The standard InChI is InChI=1S/C29H33F2N5O.C2H6/c1-4-21(14-13-20(3)29-33-35-36(34-29)19-37-5-2)22-9-6-7-10-23(16-15-22)26-17-18-27(32-26)28-24(30)11-8-12-25(28)31;1-2/h4,6,8-9,11-14,16,22,26H,3,5,7,10,15,17-19H2,1-2H3;1-2H3/b9-6-,14-13-,21-4+,23-16+;. The van der Waals surface area contributed by atoms with Crippen LogP contribution < -0.4 is 0 Å². The van der Waals surface area contributed by atoms with Crippen molar-refractivity contribution in [2.45, 2.75) is 72.6 Å². The molecular weight excluding hydrogens is 496 g/mol. The third-order valence-electron chi connectivity index (χ3n) is 6.64. The van der Waals surface area contributed by atoms with Crippen molar-refractivity contribution in [3.8, 4) is 0 Å². The molecule has 0 amide bonds. The van der Waals surface area contributed by atoms with Gasteiger partial charge in [-0.3, -0.25) is 4.99 Å². The molecule has 2 aromatic rings. The van der Waals surface area contributed by atoms with Crippen LogP contribution in [0.15, 0.2) is 77.4 Å². The zero-order valence-electron chi connectivity index (χ0n) is 23.4. The first kappa shape index (κ1) is 30.0. The second-order valence-corrected chi connectivity index (χ2v) is 9.07. The normalized spacial score (nSPS) is 21.8. The van der Waals surface area contributed by atoms with E-state index in [-0.39, 0.29) is 24.3 Å². The average Bonchev–Trinajstić information content (AvgIpc) is 3.60. The maximum absolute atomic E-state index is 14.3. The second kappa shape index (κ2) is 15.2. The van der Waals surface area contributed by atoms with Crippen molar-refractivity contribution in [2.24, 2.45) is 10.9 Å². The highest BCUT2D eigenvalue weighted by molar-refractivity contribution is 6.02. The zero-order chi connectivity index (χ0) is 28.2. The number of rotatable bonds is 9. The monoisotopic (exact) mass is 535 g/mol. The van der Waals surface area contributed by atoms with Gasteiger partial charge in [0.2, 0.25) is 5.82 Å². The lowest BCUT2D eigenvalue weighted by atomic mass is 9.88. The van der Waals surface area contributed by atoms with Crippen LogP contribution in [-0.4, -0.2) is 38.6 Å². The van der Waals surface area contributed by atoms with Gasteiger partial charge in [0.1, 0.15) is 11.6 Å². The molecule has 208 valence electrons. The Hall–Kier alpha value is -3.52. The molecule has 6 nitrogen and oxygen atoms in total. The fourth-order valence-corrected chi connectivity index (χ4v) is 4.65. The zero-order valence-corrected chi connectivity index (χ0v) is 23.4. The summed E-state index contributed by atoms with van der Waals surface area (Å²) < 4.78 is 33.9. The van der Waals surface area contributed by atoms with E-state index in [1.165, 1.54) is 28.6 Å². The number of aromatic nitrogens is 4. The largest absolute Gasteiger partial charge is 0.358 e. The number of aliphatic imine (C=N–C) groups is 1. The van der Waals surface area contributed by atoms with Gasteiger partial charge in [-0.25, -0.2) is 8.78 Å². The molecule has 0 saturated heterocycles. The lowest BCUT2D eigenvalue weighted by Crippen LogP contribution is -2.08. The van der Waals surface area contributed by atoms with E-state index in [1.54, 1.807) is 0 Å². The van der Waals surface area contributed by atoms with E-state index in [0.717, 1.165) is 31.3 Å². The molecule has 39 heavy (non-hydrogen) atoms. The molecule has 1 aromatic carbocycles. The summed E-state index contributed by atoms with van der Waals surface area (Å²) in [6.07, 6.45) is 16.7. The molecule has 0 bridgehead atoms. The summed E-state index contributed by atoms with van der Waals surface area (Å²) in [7, 11) is 0. The van der Waals surface area contributed by atoms with Crippen molar-refractivity contribution < 1.29 is 13.5 Å². The van der Waals surface area contributed by atoms with E-state index >= 15 is 0 Å². The molecule has 4 rings (SSSR count). The summed E-state index contributed by atoms with van der Waals surface area (Å²) >= 11 is 0. The van der Waals surface area contributed by atoms with Gasteiger partial charge in [0.25, 0.3) is 0 Å². The molecule has 0 fully saturated rings. The van der Waals surface area contributed by atoms with E-state index in [9.17, 15) is 8.78 Å². The topological polar surface area (TPSA) is 65.2 Å². The quantitative estimate of drug-likeness (QED) is 0.248. The van der Waals surface area contributed by atoms with Crippen LogP contribution in [0.4, 0.5) is 8.78 Å². The Morgan fingerprint density at radius 1 is 1.18 bits per heavy atom. The minimum absolute atomic E-state index is 0.0168. The minimum atomic E-state index is -0.549. The van der Waals surface area contributed by atoms with Crippen LogP contribution in [-0.2, 0) is 11.5 Å². The van der Waals surface area contributed by atoms with Gasteiger partial charge in [-0.1, -0.05) is 62.9 Å². The number of allylic oxidation sites excluding steroid dienone is 8. The molecule has 2 aliphatic rings. The molecule has 0 N–H and O–H groups in total. The van der Waals surface area contributed by atoms with Crippen LogP contribution in [0.25, 0.3) is 5.57 Å². The number of ether oxygens (including phenoxy) is 1. The minimum Gasteiger partial charge on any atom is -0.358 e. The smallest absolute Gasteiger partial charge is 0.204 e. The summed E-state index contributed by atoms with van der Waals surface area (Å²) in [5.74, 6) is -0.442. The molecule has 1 aliphatic heterocycles. The first-order chi connectivity index (χ1) is 19.0. The van der Waals surface area contributed by atoms with Crippen molar-refractivity contribution in [3.63, 3.8) is 0 Å². The maximum Gasteiger partial charge on any atom is 0.204 e. The molecular formula is C31H39F2N5O. The van der Waals surface area contributed by atoms with Crippen LogP contribution in [0.1, 0.15) is 71.2 Å². The van der Waals surface area contributed by atoms with E-state index in [4.69, 9.17) is 9.73 Å². The van der Waals surface area contributed by atoms with Crippen LogP contribution in [0.5, 0.6) is 0 Å². The summed E-state index contributed by atoms with van der Waals surface area (Å²) in [6.45, 7) is 12.8. The van der Waals surface area contributed by atoms with Gasteiger partial charge in [-0.2, -0.15) is 0 Å². The van der Waals surface area contributed by atoms with E-state index in [2.05, 4.69) is 46.3 Å². The molecule has 1 aliphatic carbocycles. The van der Waals surface area contributed by atoms with Gasteiger partial charge in [0.15, 0.2) is 6.73 Å². The maximum atomic E-state index is 14.3. The molecule has 2 unspecified atom stereocenters. The molecule has 0 saturated carbocycles. The van der Waals surface area contributed by atoms with Crippen molar-refractivity contribution >= 4 is 11.3 Å². The SMILES string of the molecule is C=C(/C=C\C(=C/C)C1/C=C\CC/C(C2CCC(c3c(F)cccc3F)=N2)=C\C1)c1nnn(COCC)n1.CC. The van der Waals surface area contributed by atoms with Crippen LogP contribution in [0, 0.1) is 17.6 Å². The van der Waals surface area contributed by atoms with Crippen molar-refractivity contribution in [1.29, 1.82) is 0 Å². The van der Waals surface area contributed by atoms with Gasteiger partial charge in [0, 0.05) is 23.8 Å². The number of halogens is 2. The Bertz CT molecular complexity index is 1250. The first-order valence-corrected chi connectivity index (χ1v) is 13.8. The van der Waals surface area contributed by atoms with Crippen molar-refractivity contribution in [1.82, 2.24) is 20.2 Å². The Morgan fingerprint density at radius 3 is 2.67 bits per heavy atom. The highest BCUT2D eigenvalue weighted by atomic mass is 19.1. The van der Waals surface area contributed by atoms with E-state index in [0.29, 0.717) is 30.1 Å². The van der Waals surface area contributed by atoms with E-state index < -0.39 is 11.6 Å². The highest BCUT2D eigenvalue weighted by Crippen LogP contribution is 2.31. The molecule has 0 spiro atoms. The Kier molecular flexibility index (Phi) is 11.7. The average molecular weight is 536 g/mol. The number of nitrogens with zero attached hydrogens (tertiary/aromatic N) is 5. The van der Waals surface area contributed by atoms with Gasteiger partial charge in [-0.05, 0) is 74.4 Å². The van der Waals surface area contributed by atoms with Gasteiger partial charge < -0.3 is 4.74 Å². The molecule has 2 atom stereocenters. The van der Waals surface area contributed by atoms with Crippen LogP contribution in [0.2, 0.25) is 0 Å². The fraction of sp³-hybridized carbons (Fsp3) is 0.419. The Morgan fingerprint density at radius 2 is 1.95 bits per heavy atom. The summed E-state index contributed by atoms with van der Waals surface area (Å²) in [6, 6.07) is 3.93. The fourth-order valence-electron chi connectivity index (χ4n) is 4.65. The van der Waals surface area contributed by atoms with Crippen molar-refractivity contribution in [2.75, 3.05) is 6.61 Å². The predicted octanol–water partition coefficient (Wildman–Crippen LogP) is 7.42. The Labute approximate surface area is 230 Å². The van der Waals surface area contributed by atoms with Gasteiger partial charge in [-0.15, -0.1) is 15.0 Å². The van der Waals surface area contributed by atoms with Gasteiger partial charge >= 0.3 is 0 Å². The number of hydrogen-bond donors (Lipinski definition) is 0. The summed E-state index contributed by atoms with van der Waals surface area (Å²) in [4.78, 5) is 6.15. The third-order valence-corrected chi connectivity index (χ3v) is 6.64. The number of benzene rings is 1. The lowest BCUT2D eigenvalue weighted by Gasteiger charge is -2.18. The van der Waals surface area contributed by atoms with Gasteiger partial charge in [0.05, 0.1) is 11.6 Å².